The van der Waals surface area contributed by atoms with Gasteiger partial charge < -0.3 is 14.5 Å². The van der Waals surface area contributed by atoms with Gasteiger partial charge in [0, 0.05) is 19.9 Å². The lowest BCUT2D eigenvalue weighted by Crippen LogP contribution is -2.52. The third-order valence-corrected chi connectivity index (χ3v) is 5.36. The Labute approximate surface area is 191 Å². The molecule has 0 bridgehead atoms. The van der Waals surface area contributed by atoms with Crippen molar-refractivity contribution in [2.24, 2.45) is 0 Å². The van der Waals surface area contributed by atoms with Crippen molar-refractivity contribution in [1.29, 1.82) is 0 Å². The maximum absolute atomic E-state index is 12.4. The van der Waals surface area contributed by atoms with Gasteiger partial charge in [-0.2, -0.15) is 0 Å². The van der Waals surface area contributed by atoms with E-state index in [0.29, 0.717) is 19.3 Å². The number of hydrogen-bond donors (Lipinski definition) is 1. The Balaban J connectivity index is 0.00000176. The second-order valence-corrected chi connectivity index (χ2v) is 8.93. The molecule has 0 saturated carbocycles. The van der Waals surface area contributed by atoms with Crippen molar-refractivity contribution in [2.45, 2.75) is 84.8 Å². The Morgan fingerprint density at radius 1 is 1.19 bits per heavy atom. The highest BCUT2D eigenvalue weighted by Crippen LogP contribution is 2.43. The number of imide groups is 1. The van der Waals surface area contributed by atoms with Gasteiger partial charge in [0.05, 0.1) is 11.4 Å². The minimum atomic E-state index is -0.446. The molecule has 0 aromatic heterocycles. The van der Waals surface area contributed by atoms with Gasteiger partial charge in [-0.05, 0) is 64.2 Å². The number of rotatable bonds is 6. The number of unbranched alkanes of at least 4 members (excludes halogenated alkanes) is 1. The summed E-state index contributed by atoms with van der Waals surface area (Å²) >= 11 is 0. The molecule has 1 aromatic carbocycles. The van der Waals surface area contributed by atoms with Crippen LogP contribution in [0, 0.1) is 0 Å². The van der Waals surface area contributed by atoms with E-state index in [2.05, 4.69) is 24.0 Å². The summed E-state index contributed by atoms with van der Waals surface area (Å²) in [6.45, 7) is 13.8. The molecule has 176 valence electrons. The number of fused-ring (bicyclic) bond motifs is 1. The predicted octanol–water partition coefficient (Wildman–Crippen LogP) is 4.30. The third kappa shape index (κ3) is 6.11. The fraction of sp³-hybridized carbons (Fsp3) is 0.560. The molecule has 2 heterocycles. The van der Waals surface area contributed by atoms with Gasteiger partial charge in [-0.3, -0.25) is 19.7 Å². The second-order valence-electron chi connectivity index (χ2n) is 8.93. The summed E-state index contributed by atoms with van der Waals surface area (Å²) in [5, 5.41) is 2.42. The lowest BCUT2D eigenvalue weighted by molar-refractivity contribution is -0.155. The lowest BCUT2D eigenvalue weighted by Gasteiger charge is -2.32. The van der Waals surface area contributed by atoms with Crippen LogP contribution in [0.15, 0.2) is 30.6 Å². The number of anilines is 2. The van der Waals surface area contributed by atoms with Gasteiger partial charge in [0.15, 0.2) is 0 Å². The SMILES string of the molecule is C=C1N(C)c2cc(CCCCC(=O)OC(C)(C)C)ccc2N1C1CCC(=O)NC1=O.CC. The van der Waals surface area contributed by atoms with Crippen molar-refractivity contribution in [3.8, 4) is 0 Å². The van der Waals surface area contributed by atoms with Gasteiger partial charge in [-0.25, -0.2) is 0 Å². The molecule has 7 heteroatoms. The van der Waals surface area contributed by atoms with E-state index in [-0.39, 0.29) is 17.8 Å². The molecule has 7 nitrogen and oxygen atoms in total. The summed E-state index contributed by atoms with van der Waals surface area (Å²) < 4.78 is 5.35. The molecular formula is C25H37N3O4. The van der Waals surface area contributed by atoms with Crippen LogP contribution in [0.2, 0.25) is 0 Å². The Morgan fingerprint density at radius 3 is 2.50 bits per heavy atom. The summed E-state index contributed by atoms with van der Waals surface area (Å²) in [4.78, 5) is 39.6. The molecule has 1 N–H and O–H groups in total. The van der Waals surface area contributed by atoms with Crippen molar-refractivity contribution < 1.29 is 19.1 Å². The molecular weight excluding hydrogens is 406 g/mol. The smallest absolute Gasteiger partial charge is 0.306 e. The van der Waals surface area contributed by atoms with E-state index in [0.717, 1.165) is 36.5 Å². The second kappa shape index (κ2) is 10.7. The van der Waals surface area contributed by atoms with E-state index in [9.17, 15) is 14.4 Å². The first-order valence-corrected chi connectivity index (χ1v) is 11.5. The van der Waals surface area contributed by atoms with Crippen LogP contribution in [0.25, 0.3) is 0 Å². The minimum absolute atomic E-state index is 0.160. The zero-order valence-electron chi connectivity index (χ0n) is 20.3. The van der Waals surface area contributed by atoms with Crippen LogP contribution >= 0.6 is 0 Å². The lowest BCUT2D eigenvalue weighted by atomic mass is 10.0. The molecule has 2 aliphatic heterocycles. The third-order valence-electron chi connectivity index (χ3n) is 5.36. The van der Waals surface area contributed by atoms with Crippen LogP contribution in [-0.4, -0.2) is 36.5 Å². The number of nitrogens with zero attached hydrogens (tertiary/aromatic N) is 2. The minimum Gasteiger partial charge on any atom is -0.460 e. The molecule has 3 rings (SSSR count). The monoisotopic (exact) mass is 443 g/mol. The average Bonchev–Trinajstić information content (AvgIpc) is 2.96. The Bertz CT molecular complexity index is 872. The van der Waals surface area contributed by atoms with Crippen molar-refractivity contribution in [3.05, 3.63) is 36.2 Å². The normalized spacial score (nSPS) is 18.1. The van der Waals surface area contributed by atoms with Crippen LogP contribution < -0.4 is 15.1 Å². The number of piperidine rings is 1. The van der Waals surface area contributed by atoms with Gasteiger partial charge in [0.25, 0.3) is 0 Å². The van der Waals surface area contributed by atoms with E-state index in [4.69, 9.17) is 4.74 Å². The zero-order chi connectivity index (χ0) is 24.1. The summed E-state index contributed by atoms with van der Waals surface area (Å²) in [7, 11) is 1.93. The molecule has 1 atom stereocenters. The molecule has 2 aliphatic rings. The van der Waals surface area contributed by atoms with Crippen LogP contribution in [0.1, 0.15) is 72.3 Å². The summed E-state index contributed by atoms with van der Waals surface area (Å²) in [6.07, 6.45) is 3.74. The van der Waals surface area contributed by atoms with Gasteiger partial charge in [-0.15, -0.1) is 0 Å². The number of carbonyl (C=O) groups is 3. The maximum Gasteiger partial charge on any atom is 0.306 e. The molecule has 1 saturated heterocycles. The standard InChI is InChI=1S/C23H31N3O4.C2H6/c1-15-25(5)19-14-16(8-6-7-9-21(28)30-23(2,3)4)10-11-17(19)26(15)18-12-13-20(27)24-22(18)29;1-2/h10-11,14,18H,1,6-9,12-13H2,2-5H3,(H,24,27,29);1-2H3. The largest absolute Gasteiger partial charge is 0.460 e. The average molecular weight is 444 g/mol. The number of hydrogen-bond acceptors (Lipinski definition) is 6. The van der Waals surface area contributed by atoms with Crippen LogP contribution in [0.5, 0.6) is 0 Å². The molecule has 0 radical (unpaired) electrons. The fourth-order valence-electron chi connectivity index (χ4n) is 3.90. The highest BCUT2D eigenvalue weighted by molar-refractivity contribution is 6.03. The van der Waals surface area contributed by atoms with Crippen LogP contribution in [0.3, 0.4) is 0 Å². The van der Waals surface area contributed by atoms with Crippen molar-refractivity contribution >= 4 is 29.2 Å². The number of aryl methyl sites for hydroxylation is 1. The molecule has 2 amide bonds. The maximum atomic E-state index is 12.4. The highest BCUT2D eigenvalue weighted by atomic mass is 16.6. The topological polar surface area (TPSA) is 79.0 Å². The Hall–Kier alpha value is -2.83. The molecule has 1 fully saturated rings. The van der Waals surface area contributed by atoms with E-state index in [1.807, 2.05) is 57.5 Å². The number of ether oxygens (including phenoxy) is 1. The molecule has 1 unspecified atom stereocenters. The number of benzene rings is 1. The fourth-order valence-corrected chi connectivity index (χ4v) is 3.90. The van der Waals surface area contributed by atoms with E-state index in [1.54, 1.807) is 0 Å². The van der Waals surface area contributed by atoms with Gasteiger partial charge in [0.2, 0.25) is 11.8 Å². The number of esters is 1. The van der Waals surface area contributed by atoms with E-state index in [1.165, 1.54) is 5.56 Å². The number of amides is 2. The predicted molar refractivity (Wildman–Crippen MR) is 127 cm³/mol. The Morgan fingerprint density at radius 2 is 1.88 bits per heavy atom. The quantitative estimate of drug-likeness (QED) is 0.401. The first kappa shape index (κ1) is 25.4. The van der Waals surface area contributed by atoms with Gasteiger partial charge >= 0.3 is 5.97 Å². The molecule has 0 aliphatic carbocycles. The molecule has 1 aromatic rings. The molecule has 0 spiro atoms. The van der Waals surface area contributed by atoms with Crippen LogP contribution in [-0.2, 0) is 25.5 Å². The number of carbonyl (C=O) groups excluding carboxylic acids is 3. The molecule has 32 heavy (non-hydrogen) atoms. The highest BCUT2D eigenvalue weighted by Gasteiger charge is 2.39. The zero-order valence-corrected chi connectivity index (χ0v) is 20.3. The van der Waals surface area contributed by atoms with Gasteiger partial charge in [0.1, 0.15) is 17.5 Å². The number of nitrogens with one attached hydrogen (secondary N) is 1. The summed E-state index contributed by atoms with van der Waals surface area (Å²) in [6, 6.07) is 5.74. The van der Waals surface area contributed by atoms with Crippen molar-refractivity contribution in [3.63, 3.8) is 0 Å². The Kier molecular flexibility index (Phi) is 8.47. The first-order valence-electron chi connectivity index (χ1n) is 11.5. The summed E-state index contributed by atoms with van der Waals surface area (Å²) in [5.41, 5.74) is 2.64. The van der Waals surface area contributed by atoms with Crippen LogP contribution in [0.4, 0.5) is 11.4 Å². The van der Waals surface area contributed by atoms with Crippen molar-refractivity contribution in [2.75, 3.05) is 16.8 Å². The van der Waals surface area contributed by atoms with E-state index >= 15 is 0 Å². The van der Waals surface area contributed by atoms with E-state index < -0.39 is 11.6 Å². The van der Waals surface area contributed by atoms with Crippen molar-refractivity contribution in [1.82, 2.24) is 5.32 Å². The summed E-state index contributed by atoms with van der Waals surface area (Å²) in [5.74, 6) is 0.0604. The first-order chi connectivity index (χ1) is 15.1. The van der Waals surface area contributed by atoms with Gasteiger partial charge in [-0.1, -0.05) is 26.5 Å².